The Bertz CT molecular complexity index is 313. The van der Waals surface area contributed by atoms with Crippen molar-refractivity contribution in [2.24, 2.45) is 5.92 Å². The molecule has 0 heterocycles. The minimum atomic E-state index is -4.87. The zero-order valence-corrected chi connectivity index (χ0v) is 10.7. The van der Waals surface area contributed by atoms with E-state index in [9.17, 15) is 22.8 Å². The highest BCUT2D eigenvalue weighted by molar-refractivity contribution is 5.81. The highest BCUT2D eigenvalue weighted by atomic mass is 19.4. The van der Waals surface area contributed by atoms with E-state index in [1.165, 1.54) is 6.42 Å². The SMILES string of the molecule is O=C(CC1CCCCC1)NCCNC(=O)C(F)(F)F. The minimum Gasteiger partial charge on any atom is -0.354 e. The van der Waals surface area contributed by atoms with Crippen molar-refractivity contribution in [2.75, 3.05) is 13.1 Å². The van der Waals surface area contributed by atoms with Crippen LogP contribution in [0, 0.1) is 5.92 Å². The summed E-state index contributed by atoms with van der Waals surface area (Å²) < 4.78 is 35.5. The molecule has 0 aromatic heterocycles. The molecule has 1 saturated carbocycles. The molecule has 0 saturated heterocycles. The molecule has 0 aromatic carbocycles. The van der Waals surface area contributed by atoms with Crippen molar-refractivity contribution in [3.8, 4) is 0 Å². The molecule has 110 valence electrons. The summed E-state index contributed by atoms with van der Waals surface area (Å²) in [4.78, 5) is 22.0. The third kappa shape index (κ3) is 6.45. The predicted molar refractivity (Wildman–Crippen MR) is 63.3 cm³/mol. The normalized spacial score (nSPS) is 17.0. The fraction of sp³-hybridized carbons (Fsp3) is 0.833. The van der Waals surface area contributed by atoms with Gasteiger partial charge in [0.2, 0.25) is 5.91 Å². The molecule has 0 bridgehead atoms. The van der Waals surface area contributed by atoms with E-state index in [4.69, 9.17) is 0 Å². The van der Waals surface area contributed by atoms with Crippen LogP contribution in [0.25, 0.3) is 0 Å². The lowest BCUT2D eigenvalue weighted by atomic mass is 9.87. The summed E-state index contributed by atoms with van der Waals surface area (Å²) in [5.41, 5.74) is 0. The van der Waals surface area contributed by atoms with Gasteiger partial charge in [0.15, 0.2) is 0 Å². The molecule has 4 nitrogen and oxygen atoms in total. The Morgan fingerprint density at radius 1 is 1.00 bits per heavy atom. The Kier molecular flexibility index (Phi) is 6.11. The highest BCUT2D eigenvalue weighted by Gasteiger charge is 2.38. The number of amides is 2. The summed E-state index contributed by atoms with van der Waals surface area (Å²) in [7, 11) is 0. The van der Waals surface area contributed by atoms with E-state index >= 15 is 0 Å². The van der Waals surface area contributed by atoms with E-state index in [-0.39, 0.29) is 19.0 Å². The summed E-state index contributed by atoms with van der Waals surface area (Å²) in [6.07, 6.45) is 1.12. The Balaban J connectivity index is 2.08. The molecule has 2 N–H and O–H groups in total. The quantitative estimate of drug-likeness (QED) is 0.754. The van der Waals surface area contributed by atoms with Gasteiger partial charge in [-0.15, -0.1) is 0 Å². The van der Waals surface area contributed by atoms with E-state index in [2.05, 4.69) is 5.32 Å². The second-order valence-corrected chi connectivity index (χ2v) is 4.81. The fourth-order valence-corrected chi connectivity index (χ4v) is 2.20. The third-order valence-electron chi connectivity index (χ3n) is 3.19. The first-order chi connectivity index (χ1) is 8.89. The molecule has 1 fully saturated rings. The van der Waals surface area contributed by atoms with Gasteiger partial charge in [0.25, 0.3) is 0 Å². The van der Waals surface area contributed by atoms with Gasteiger partial charge in [-0.3, -0.25) is 9.59 Å². The molecule has 0 atom stereocenters. The standard InChI is InChI=1S/C12H19F3N2O2/c13-12(14,15)11(19)17-7-6-16-10(18)8-9-4-2-1-3-5-9/h9H,1-8H2,(H,16,18)(H,17,19). The average molecular weight is 280 g/mol. The number of hydrogen-bond acceptors (Lipinski definition) is 2. The average Bonchev–Trinajstić information content (AvgIpc) is 2.34. The van der Waals surface area contributed by atoms with Crippen LogP contribution in [0.5, 0.6) is 0 Å². The first kappa shape index (κ1) is 15.8. The van der Waals surface area contributed by atoms with Gasteiger partial charge in [-0.2, -0.15) is 13.2 Å². The van der Waals surface area contributed by atoms with Crippen LogP contribution in [-0.4, -0.2) is 31.1 Å². The van der Waals surface area contributed by atoms with E-state index in [1.807, 2.05) is 0 Å². The van der Waals surface area contributed by atoms with Gasteiger partial charge < -0.3 is 10.6 Å². The van der Waals surface area contributed by atoms with Crippen molar-refractivity contribution < 1.29 is 22.8 Å². The number of hydrogen-bond donors (Lipinski definition) is 2. The molecule has 0 spiro atoms. The van der Waals surface area contributed by atoms with Crippen molar-refractivity contribution in [2.45, 2.75) is 44.7 Å². The van der Waals surface area contributed by atoms with Crippen molar-refractivity contribution in [1.29, 1.82) is 0 Å². The summed E-state index contributed by atoms with van der Waals surface area (Å²) >= 11 is 0. The summed E-state index contributed by atoms with van der Waals surface area (Å²) in [6, 6.07) is 0. The number of halogens is 3. The highest BCUT2D eigenvalue weighted by Crippen LogP contribution is 2.25. The number of carbonyl (C=O) groups is 2. The van der Waals surface area contributed by atoms with Gasteiger partial charge >= 0.3 is 12.1 Å². The van der Waals surface area contributed by atoms with Gasteiger partial charge in [-0.1, -0.05) is 19.3 Å². The lowest BCUT2D eigenvalue weighted by Crippen LogP contribution is -2.41. The summed E-state index contributed by atoms with van der Waals surface area (Å²) in [6.45, 7) is -0.192. The maximum absolute atomic E-state index is 11.8. The second-order valence-electron chi connectivity index (χ2n) is 4.81. The largest absolute Gasteiger partial charge is 0.471 e. The monoisotopic (exact) mass is 280 g/mol. The lowest BCUT2D eigenvalue weighted by Gasteiger charge is -2.20. The van der Waals surface area contributed by atoms with Gasteiger partial charge in [-0.25, -0.2) is 0 Å². The zero-order valence-electron chi connectivity index (χ0n) is 10.7. The Morgan fingerprint density at radius 3 is 2.16 bits per heavy atom. The van der Waals surface area contributed by atoms with Crippen molar-refractivity contribution in [3.63, 3.8) is 0 Å². The molecular weight excluding hydrogens is 261 g/mol. The van der Waals surface area contributed by atoms with Crippen LogP contribution in [-0.2, 0) is 9.59 Å². The van der Waals surface area contributed by atoms with E-state index in [1.54, 1.807) is 5.32 Å². The van der Waals surface area contributed by atoms with Crippen LogP contribution in [0.4, 0.5) is 13.2 Å². The zero-order chi connectivity index (χ0) is 14.3. The van der Waals surface area contributed by atoms with Crippen molar-refractivity contribution in [1.82, 2.24) is 10.6 Å². The van der Waals surface area contributed by atoms with Crippen LogP contribution >= 0.6 is 0 Å². The Hall–Kier alpha value is -1.27. The molecule has 0 unspecified atom stereocenters. The van der Waals surface area contributed by atoms with Gasteiger partial charge in [0, 0.05) is 19.5 Å². The molecule has 1 rings (SSSR count). The number of alkyl halides is 3. The Labute approximate surface area is 110 Å². The number of rotatable bonds is 5. The molecule has 19 heavy (non-hydrogen) atoms. The summed E-state index contributed by atoms with van der Waals surface area (Å²) in [5.74, 6) is -1.75. The Morgan fingerprint density at radius 2 is 1.58 bits per heavy atom. The number of carbonyl (C=O) groups excluding carboxylic acids is 2. The molecule has 7 heteroatoms. The minimum absolute atomic E-state index is 0.0212. The maximum atomic E-state index is 11.8. The second kappa shape index (κ2) is 7.35. The molecule has 1 aliphatic rings. The van der Waals surface area contributed by atoms with Crippen LogP contribution in [0.2, 0.25) is 0 Å². The number of nitrogens with one attached hydrogen (secondary N) is 2. The first-order valence-corrected chi connectivity index (χ1v) is 6.51. The lowest BCUT2D eigenvalue weighted by molar-refractivity contribution is -0.173. The smallest absolute Gasteiger partial charge is 0.354 e. The van der Waals surface area contributed by atoms with E-state index in [0.717, 1.165) is 25.7 Å². The predicted octanol–water partition coefficient (Wildman–Crippen LogP) is 1.75. The van der Waals surface area contributed by atoms with Crippen molar-refractivity contribution in [3.05, 3.63) is 0 Å². The van der Waals surface area contributed by atoms with Crippen LogP contribution < -0.4 is 10.6 Å². The van der Waals surface area contributed by atoms with Crippen molar-refractivity contribution >= 4 is 11.8 Å². The van der Waals surface area contributed by atoms with E-state index < -0.39 is 12.1 Å². The molecule has 0 aromatic rings. The molecule has 2 amide bonds. The first-order valence-electron chi connectivity index (χ1n) is 6.51. The molecule has 0 aliphatic heterocycles. The fourth-order valence-electron chi connectivity index (χ4n) is 2.20. The van der Waals surface area contributed by atoms with E-state index in [0.29, 0.717) is 12.3 Å². The van der Waals surface area contributed by atoms with Crippen LogP contribution in [0.1, 0.15) is 38.5 Å². The summed E-state index contributed by atoms with van der Waals surface area (Å²) in [5, 5.41) is 4.22. The topological polar surface area (TPSA) is 58.2 Å². The van der Waals surface area contributed by atoms with Gasteiger partial charge in [0.05, 0.1) is 0 Å². The maximum Gasteiger partial charge on any atom is 0.471 e. The van der Waals surface area contributed by atoms with Crippen LogP contribution in [0.3, 0.4) is 0 Å². The van der Waals surface area contributed by atoms with Gasteiger partial charge in [0.1, 0.15) is 0 Å². The molecule has 0 radical (unpaired) electrons. The van der Waals surface area contributed by atoms with Gasteiger partial charge in [-0.05, 0) is 18.8 Å². The molecule has 1 aliphatic carbocycles. The molecular formula is C12H19F3N2O2. The third-order valence-corrected chi connectivity index (χ3v) is 3.19. The van der Waals surface area contributed by atoms with Crippen LogP contribution in [0.15, 0.2) is 0 Å².